The Balaban J connectivity index is 1.31. The van der Waals surface area contributed by atoms with Crippen molar-refractivity contribution in [3.63, 3.8) is 0 Å². The maximum Gasteiger partial charge on any atom is 0.233 e. The number of carbonyl (C=O) groups excluding carboxylic acids is 1. The zero-order valence-electron chi connectivity index (χ0n) is 17.2. The molecule has 7 nitrogen and oxygen atoms in total. The molecule has 2 fully saturated rings. The fourth-order valence-electron chi connectivity index (χ4n) is 3.96. The lowest BCUT2D eigenvalue weighted by Crippen LogP contribution is -2.44. The topological polar surface area (TPSA) is 86.3 Å². The van der Waals surface area contributed by atoms with Gasteiger partial charge in [-0.2, -0.15) is 0 Å². The highest BCUT2D eigenvalue weighted by atomic mass is 32.2. The van der Waals surface area contributed by atoms with Gasteiger partial charge < -0.3 is 15.5 Å². The van der Waals surface area contributed by atoms with Gasteiger partial charge in [-0.05, 0) is 68.7 Å². The minimum atomic E-state index is -0.323. The number of nitrogens with zero attached hydrogens (tertiary/aromatic N) is 4. The van der Waals surface area contributed by atoms with E-state index in [0.717, 1.165) is 31.6 Å². The molecule has 162 valence electrons. The fraction of sp³-hybridized carbons (Fsp3) is 0.571. The number of hydrogen-bond donors (Lipinski definition) is 1. The highest BCUT2D eigenvalue weighted by Gasteiger charge is 2.38. The normalized spacial score (nSPS) is 21.4. The lowest BCUT2D eigenvalue weighted by Gasteiger charge is -2.36. The third-order valence-electron chi connectivity index (χ3n) is 5.85. The average Bonchev–Trinajstić information content (AvgIpc) is 3.51. The van der Waals surface area contributed by atoms with Gasteiger partial charge in [0.2, 0.25) is 11.1 Å². The van der Waals surface area contributed by atoms with Crippen LogP contribution >= 0.6 is 11.8 Å². The van der Waals surface area contributed by atoms with Gasteiger partial charge in [0.25, 0.3) is 0 Å². The van der Waals surface area contributed by atoms with E-state index in [1.165, 1.54) is 41.4 Å². The molecular formula is C21H28FN5O2S. The highest BCUT2D eigenvalue weighted by Crippen LogP contribution is 2.36. The maximum atomic E-state index is 13.0. The van der Waals surface area contributed by atoms with Crippen LogP contribution in [0.5, 0.6) is 5.75 Å². The predicted octanol–water partition coefficient (Wildman–Crippen LogP) is 3.37. The molecule has 9 heteroatoms. The van der Waals surface area contributed by atoms with Crippen molar-refractivity contribution in [3.8, 4) is 5.75 Å². The molecule has 0 saturated heterocycles. The van der Waals surface area contributed by atoms with Crippen molar-refractivity contribution in [2.45, 2.75) is 69.3 Å². The summed E-state index contributed by atoms with van der Waals surface area (Å²) in [7, 11) is 0. The first-order valence-electron chi connectivity index (χ1n) is 10.5. The van der Waals surface area contributed by atoms with E-state index in [9.17, 15) is 9.18 Å². The molecule has 0 unspecified atom stereocenters. The summed E-state index contributed by atoms with van der Waals surface area (Å²) in [5.74, 6) is 7.95. The molecule has 4 rings (SSSR count). The van der Waals surface area contributed by atoms with Gasteiger partial charge in [-0.15, -0.1) is 10.2 Å². The van der Waals surface area contributed by atoms with Gasteiger partial charge in [-0.1, -0.05) is 18.7 Å². The average molecular weight is 434 g/mol. The van der Waals surface area contributed by atoms with Crippen molar-refractivity contribution in [1.29, 1.82) is 0 Å². The fourth-order valence-corrected chi connectivity index (χ4v) is 4.71. The van der Waals surface area contributed by atoms with Gasteiger partial charge in [0.05, 0.1) is 5.75 Å². The molecule has 1 aromatic heterocycles. The third-order valence-corrected chi connectivity index (χ3v) is 6.78. The first-order valence-corrected chi connectivity index (χ1v) is 11.5. The summed E-state index contributed by atoms with van der Waals surface area (Å²) in [6.45, 7) is 2.40. The smallest absolute Gasteiger partial charge is 0.233 e. The Hall–Kier alpha value is -2.29. The summed E-state index contributed by atoms with van der Waals surface area (Å²) in [4.78, 5) is 15.1. The van der Waals surface area contributed by atoms with Crippen LogP contribution < -0.4 is 10.6 Å². The van der Waals surface area contributed by atoms with E-state index in [-0.39, 0.29) is 18.3 Å². The monoisotopic (exact) mass is 433 g/mol. The maximum absolute atomic E-state index is 13.0. The van der Waals surface area contributed by atoms with E-state index in [2.05, 4.69) is 22.0 Å². The molecule has 2 N–H and O–H groups in total. The number of hydrogen-bond acceptors (Lipinski definition) is 6. The first kappa shape index (κ1) is 21.0. The molecule has 1 aromatic carbocycles. The largest absolute Gasteiger partial charge is 0.486 e. The van der Waals surface area contributed by atoms with E-state index >= 15 is 0 Å². The van der Waals surface area contributed by atoms with E-state index in [4.69, 9.17) is 10.6 Å². The summed E-state index contributed by atoms with van der Waals surface area (Å²) in [5.41, 5.74) is 0. The molecule has 2 aliphatic carbocycles. The van der Waals surface area contributed by atoms with Crippen LogP contribution in [0.15, 0.2) is 29.4 Å². The Morgan fingerprint density at radius 3 is 2.43 bits per heavy atom. The van der Waals surface area contributed by atoms with Crippen LogP contribution in [0.25, 0.3) is 0 Å². The number of benzene rings is 1. The van der Waals surface area contributed by atoms with Crippen LogP contribution in [-0.4, -0.2) is 43.5 Å². The molecule has 30 heavy (non-hydrogen) atoms. The third kappa shape index (κ3) is 5.06. The number of aromatic nitrogens is 3. The molecule has 2 saturated carbocycles. The number of ether oxygens (including phenoxy) is 1. The predicted molar refractivity (Wildman–Crippen MR) is 113 cm³/mol. The number of thioether (sulfide) groups is 1. The summed E-state index contributed by atoms with van der Waals surface area (Å²) >= 11 is 1.31. The summed E-state index contributed by atoms with van der Waals surface area (Å²) in [5, 5.41) is 8.64. The SMILES string of the molecule is CC1CCC(N(C(=O)CSc2nnc(COc3ccc(F)cc3)n2N)C2CC2)CC1. The van der Waals surface area contributed by atoms with E-state index in [1.807, 2.05) is 0 Å². The van der Waals surface area contributed by atoms with Crippen LogP contribution in [0.1, 0.15) is 51.3 Å². The summed E-state index contributed by atoms with van der Waals surface area (Å²) < 4.78 is 19.9. The zero-order valence-corrected chi connectivity index (χ0v) is 18.0. The van der Waals surface area contributed by atoms with Crippen molar-refractivity contribution < 1.29 is 13.9 Å². The number of halogens is 1. The van der Waals surface area contributed by atoms with E-state index in [0.29, 0.717) is 34.6 Å². The summed E-state index contributed by atoms with van der Waals surface area (Å²) in [6.07, 6.45) is 6.82. The number of amides is 1. The number of carbonyl (C=O) groups is 1. The van der Waals surface area contributed by atoms with Gasteiger partial charge >= 0.3 is 0 Å². The lowest BCUT2D eigenvalue weighted by atomic mass is 9.86. The number of nitrogens with two attached hydrogens (primary N) is 1. The molecule has 0 atom stereocenters. The van der Waals surface area contributed by atoms with Crippen LogP contribution in [0.2, 0.25) is 0 Å². The minimum absolute atomic E-state index is 0.109. The Morgan fingerprint density at radius 2 is 1.80 bits per heavy atom. The van der Waals surface area contributed by atoms with Gasteiger partial charge in [-0.3, -0.25) is 4.79 Å². The van der Waals surface area contributed by atoms with Crippen molar-refractivity contribution in [2.75, 3.05) is 11.6 Å². The molecule has 2 aliphatic rings. The van der Waals surface area contributed by atoms with Gasteiger partial charge in [0.1, 0.15) is 18.2 Å². The standard InChI is InChI=1S/C21H28FN5O2S/c1-14-2-6-16(7-3-14)26(17-8-9-17)20(28)13-30-21-25-24-19(27(21)23)12-29-18-10-4-15(22)5-11-18/h4-5,10-11,14,16-17H,2-3,6-9,12-13,23H2,1H3. The highest BCUT2D eigenvalue weighted by molar-refractivity contribution is 7.99. The molecule has 1 heterocycles. The Labute approximate surface area is 180 Å². The second-order valence-electron chi connectivity index (χ2n) is 8.25. The minimum Gasteiger partial charge on any atom is -0.486 e. The molecular weight excluding hydrogens is 405 g/mol. The van der Waals surface area contributed by atoms with Crippen molar-refractivity contribution in [3.05, 3.63) is 35.9 Å². The molecule has 0 bridgehead atoms. The Bertz CT molecular complexity index is 863. The van der Waals surface area contributed by atoms with Gasteiger partial charge in [0, 0.05) is 12.1 Å². The molecule has 0 spiro atoms. The van der Waals surface area contributed by atoms with Crippen LogP contribution in [-0.2, 0) is 11.4 Å². The zero-order chi connectivity index (χ0) is 21.1. The first-order chi connectivity index (χ1) is 14.5. The lowest BCUT2D eigenvalue weighted by molar-refractivity contribution is -0.132. The Kier molecular flexibility index (Phi) is 6.46. The van der Waals surface area contributed by atoms with E-state index < -0.39 is 0 Å². The van der Waals surface area contributed by atoms with Crippen molar-refractivity contribution in [1.82, 2.24) is 19.8 Å². The van der Waals surface area contributed by atoms with Crippen LogP contribution in [0, 0.1) is 11.7 Å². The van der Waals surface area contributed by atoms with E-state index in [1.54, 1.807) is 12.1 Å². The number of rotatable bonds is 8. The van der Waals surface area contributed by atoms with Crippen molar-refractivity contribution in [2.24, 2.45) is 5.92 Å². The second-order valence-corrected chi connectivity index (χ2v) is 9.19. The molecule has 0 radical (unpaired) electrons. The second kappa shape index (κ2) is 9.24. The quantitative estimate of drug-likeness (QED) is 0.507. The molecule has 2 aromatic rings. The summed E-state index contributed by atoms with van der Waals surface area (Å²) in [6, 6.07) is 6.52. The molecule has 0 aliphatic heterocycles. The van der Waals surface area contributed by atoms with Crippen LogP contribution in [0.3, 0.4) is 0 Å². The Morgan fingerprint density at radius 1 is 1.17 bits per heavy atom. The number of nitrogen functional groups attached to an aromatic ring is 1. The molecule has 1 amide bonds. The van der Waals surface area contributed by atoms with Crippen molar-refractivity contribution >= 4 is 17.7 Å². The van der Waals surface area contributed by atoms with Crippen LogP contribution in [0.4, 0.5) is 4.39 Å². The van der Waals surface area contributed by atoms with Gasteiger partial charge in [-0.25, -0.2) is 9.07 Å². The van der Waals surface area contributed by atoms with Gasteiger partial charge in [0.15, 0.2) is 5.82 Å².